The van der Waals surface area contributed by atoms with E-state index in [2.05, 4.69) is 11.3 Å². The molecular weight excluding hydrogens is 282 g/mol. The third kappa shape index (κ3) is 5.44. The standard InChI is InChI=1S/C18H25ClNO/c1-15-9-10-16(17(19)14-15)18(21)8-4-2-5-11-20-12-6-3-7-13-20/h3,9-10,14H,2,4-8,11-13H2,1H3. The zero-order valence-electron chi connectivity index (χ0n) is 12.9. The summed E-state index contributed by atoms with van der Waals surface area (Å²) in [6, 6.07) is 5.67. The van der Waals surface area contributed by atoms with Crippen molar-refractivity contribution in [2.45, 2.75) is 45.4 Å². The van der Waals surface area contributed by atoms with Crippen molar-refractivity contribution in [1.29, 1.82) is 0 Å². The van der Waals surface area contributed by atoms with Gasteiger partial charge >= 0.3 is 0 Å². The lowest BCUT2D eigenvalue weighted by molar-refractivity contribution is 0.0979. The lowest BCUT2D eigenvalue weighted by atomic mass is 10.0. The first-order valence-electron chi connectivity index (χ1n) is 8.00. The number of likely N-dealkylation sites (tertiary alicyclic amines) is 1. The summed E-state index contributed by atoms with van der Waals surface area (Å²) in [6.07, 6.45) is 8.71. The van der Waals surface area contributed by atoms with Crippen LogP contribution in [-0.4, -0.2) is 30.3 Å². The molecule has 1 radical (unpaired) electrons. The third-order valence-electron chi connectivity index (χ3n) is 4.10. The molecule has 1 heterocycles. The Morgan fingerprint density at radius 3 is 2.67 bits per heavy atom. The van der Waals surface area contributed by atoms with E-state index in [1.807, 2.05) is 25.1 Å². The number of nitrogens with zero attached hydrogens (tertiary/aromatic N) is 1. The van der Waals surface area contributed by atoms with Crippen molar-refractivity contribution in [2.75, 3.05) is 19.6 Å². The van der Waals surface area contributed by atoms with Crippen LogP contribution in [0.1, 0.15) is 54.4 Å². The summed E-state index contributed by atoms with van der Waals surface area (Å²) >= 11 is 6.14. The summed E-state index contributed by atoms with van der Waals surface area (Å²) in [5.74, 6) is 0.174. The molecule has 115 valence electrons. The first-order chi connectivity index (χ1) is 10.2. The van der Waals surface area contributed by atoms with Crippen LogP contribution < -0.4 is 0 Å². The number of hydrogen-bond acceptors (Lipinski definition) is 2. The van der Waals surface area contributed by atoms with Gasteiger partial charge in [-0.25, -0.2) is 0 Å². The molecule has 1 fully saturated rings. The molecule has 0 spiro atoms. The van der Waals surface area contributed by atoms with Crippen molar-refractivity contribution in [1.82, 2.24) is 4.90 Å². The van der Waals surface area contributed by atoms with Gasteiger partial charge in [-0.1, -0.05) is 24.1 Å². The lowest BCUT2D eigenvalue weighted by Gasteiger charge is -2.26. The van der Waals surface area contributed by atoms with E-state index >= 15 is 0 Å². The van der Waals surface area contributed by atoms with Crippen LogP contribution in [0.15, 0.2) is 18.2 Å². The molecule has 0 aromatic heterocycles. The first kappa shape index (κ1) is 16.5. The van der Waals surface area contributed by atoms with E-state index in [0.29, 0.717) is 17.0 Å². The highest BCUT2D eigenvalue weighted by Gasteiger charge is 2.11. The van der Waals surface area contributed by atoms with E-state index < -0.39 is 0 Å². The van der Waals surface area contributed by atoms with E-state index in [0.717, 1.165) is 18.4 Å². The predicted molar refractivity (Wildman–Crippen MR) is 89.0 cm³/mol. The lowest BCUT2D eigenvalue weighted by Crippen LogP contribution is -2.30. The summed E-state index contributed by atoms with van der Waals surface area (Å²) in [6.45, 7) is 5.57. The van der Waals surface area contributed by atoms with Crippen LogP contribution in [0.3, 0.4) is 0 Å². The Hall–Kier alpha value is -0.860. The Morgan fingerprint density at radius 1 is 1.19 bits per heavy atom. The van der Waals surface area contributed by atoms with Gasteiger partial charge < -0.3 is 4.90 Å². The number of rotatable bonds is 7. The molecular formula is C18H25ClNO. The molecule has 1 saturated heterocycles. The molecule has 2 nitrogen and oxygen atoms in total. The fourth-order valence-electron chi connectivity index (χ4n) is 2.81. The van der Waals surface area contributed by atoms with Gasteiger partial charge in [-0.3, -0.25) is 4.79 Å². The van der Waals surface area contributed by atoms with Crippen LogP contribution in [0.4, 0.5) is 0 Å². The van der Waals surface area contributed by atoms with Crippen molar-refractivity contribution in [2.24, 2.45) is 0 Å². The number of Topliss-reactive ketones (excluding diaryl/α,β-unsaturated/α-hetero) is 1. The maximum Gasteiger partial charge on any atom is 0.164 e. The number of carbonyl (C=O) groups excluding carboxylic acids is 1. The maximum atomic E-state index is 12.1. The van der Waals surface area contributed by atoms with E-state index in [-0.39, 0.29) is 5.78 Å². The van der Waals surface area contributed by atoms with Crippen LogP contribution in [0.5, 0.6) is 0 Å². The fraction of sp³-hybridized carbons (Fsp3) is 0.556. The molecule has 0 amide bonds. The molecule has 0 aliphatic carbocycles. The van der Waals surface area contributed by atoms with E-state index in [9.17, 15) is 4.79 Å². The first-order valence-corrected chi connectivity index (χ1v) is 8.38. The summed E-state index contributed by atoms with van der Waals surface area (Å²) < 4.78 is 0. The Labute approximate surface area is 133 Å². The van der Waals surface area contributed by atoms with Gasteiger partial charge in [0.25, 0.3) is 0 Å². The number of carbonyl (C=O) groups is 1. The zero-order valence-corrected chi connectivity index (χ0v) is 13.7. The van der Waals surface area contributed by atoms with Crippen LogP contribution in [-0.2, 0) is 0 Å². The normalized spacial score (nSPS) is 16.1. The smallest absolute Gasteiger partial charge is 0.164 e. The van der Waals surface area contributed by atoms with Gasteiger partial charge in [0.15, 0.2) is 5.78 Å². The van der Waals surface area contributed by atoms with E-state index in [1.54, 1.807) is 0 Å². The SMILES string of the molecule is Cc1ccc(C(=O)CCCCCN2CC[CH]CC2)c(Cl)c1. The maximum absolute atomic E-state index is 12.1. The topological polar surface area (TPSA) is 20.3 Å². The van der Waals surface area contributed by atoms with Crippen molar-refractivity contribution >= 4 is 17.4 Å². The second-order valence-corrected chi connectivity index (χ2v) is 6.33. The molecule has 1 aromatic rings. The van der Waals surface area contributed by atoms with E-state index in [4.69, 9.17) is 11.6 Å². The molecule has 1 aliphatic heterocycles. The molecule has 0 atom stereocenters. The van der Waals surface area contributed by atoms with E-state index in [1.165, 1.54) is 38.9 Å². The highest BCUT2D eigenvalue weighted by molar-refractivity contribution is 6.34. The number of ketones is 1. The van der Waals surface area contributed by atoms with Crippen molar-refractivity contribution in [3.05, 3.63) is 40.8 Å². The van der Waals surface area contributed by atoms with Crippen LogP contribution >= 0.6 is 11.6 Å². The predicted octanol–water partition coefficient (Wildman–Crippen LogP) is 4.69. The molecule has 3 heteroatoms. The molecule has 2 rings (SSSR count). The summed E-state index contributed by atoms with van der Waals surface area (Å²) in [5.41, 5.74) is 1.77. The molecule has 21 heavy (non-hydrogen) atoms. The minimum absolute atomic E-state index is 0.174. The highest BCUT2D eigenvalue weighted by atomic mass is 35.5. The summed E-state index contributed by atoms with van der Waals surface area (Å²) in [4.78, 5) is 14.7. The fourth-order valence-corrected chi connectivity index (χ4v) is 3.15. The van der Waals surface area contributed by atoms with Crippen molar-refractivity contribution in [3.8, 4) is 0 Å². The minimum atomic E-state index is 0.174. The second-order valence-electron chi connectivity index (χ2n) is 5.92. The quantitative estimate of drug-likeness (QED) is 0.538. The molecule has 1 aromatic carbocycles. The number of hydrogen-bond donors (Lipinski definition) is 0. The van der Waals surface area contributed by atoms with Gasteiger partial charge in [-0.2, -0.15) is 0 Å². The number of piperidine rings is 1. The van der Waals surface area contributed by atoms with Gasteiger partial charge in [0.1, 0.15) is 0 Å². The molecule has 0 bridgehead atoms. The third-order valence-corrected chi connectivity index (χ3v) is 4.41. The molecule has 0 saturated carbocycles. The average Bonchev–Trinajstić information content (AvgIpc) is 2.47. The second kappa shape index (κ2) is 8.55. The average molecular weight is 307 g/mol. The van der Waals surface area contributed by atoms with Crippen LogP contribution in [0, 0.1) is 13.3 Å². The van der Waals surface area contributed by atoms with Gasteiger partial charge in [-0.15, -0.1) is 0 Å². The monoisotopic (exact) mass is 306 g/mol. The molecule has 1 aliphatic rings. The zero-order chi connectivity index (χ0) is 15.1. The number of aryl methyl sites for hydroxylation is 1. The Morgan fingerprint density at radius 2 is 1.95 bits per heavy atom. The number of unbranched alkanes of at least 4 members (excludes halogenated alkanes) is 2. The van der Waals surface area contributed by atoms with Crippen molar-refractivity contribution in [3.63, 3.8) is 0 Å². The van der Waals surface area contributed by atoms with Crippen molar-refractivity contribution < 1.29 is 4.79 Å². The van der Waals surface area contributed by atoms with Gasteiger partial charge in [-0.05, 0) is 76.4 Å². The highest BCUT2D eigenvalue weighted by Crippen LogP contribution is 2.20. The Balaban J connectivity index is 1.64. The molecule has 0 N–H and O–H groups in total. The van der Waals surface area contributed by atoms with Crippen LogP contribution in [0.25, 0.3) is 0 Å². The Kier molecular flexibility index (Phi) is 6.72. The van der Waals surface area contributed by atoms with Gasteiger partial charge in [0, 0.05) is 12.0 Å². The van der Waals surface area contributed by atoms with Crippen LogP contribution in [0.2, 0.25) is 5.02 Å². The summed E-state index contributed by atoms with van der Waals surface area (Å²) in [7, 11) is 0. The Bertz CT molecular complexity index is 466. The van der Waals surface area contributed by atoms with Gasteiger partial charge in [0.05, 0.1) is 5.02 Å². The largest absolute Gasteiger partial charge is 0.303 e. The minimum Gasteiger partial charge on any atom is -0.303 e. The number of benzene rings is 1. The number of halogens is 1. The molecule has 0 unspecified atom stereocenters. The van der Waals surface area contributed by atoms with Gasteiger partial charge in [0.2, 0.25) is 0 Å². The summed E-state index contributed by atoms with van der Waals surface area (Å²) in [5, 5.41) is 0.588.